The number of fused-ring (bicyclic) bond motifs is 4. The first-order chi connectivity index (χ1) is 8.83. The van der Waals surface area contributed by atoms with E-state index in [1.165, 1.54) is 5.56 Å². The molecule has 4 nitrogen and oxygen atoms in total. The Hall–Kier alpha value is -1.55. The number of carbonyl (C=O) groups is 1. The van der Waals surface area contributed by atoms with E-state index in [1.807, 2.05) is 17.9 Å². The Bertz CT molecular complexity index is 490. The summed E-state index contributed by atoms with van der Waals surface area (Å²) in [7, 11) is 0. The third-order valence-electron chi connectivity index (χ3n) is 4.47. The van der Waals surface area contributed by atoms with Crippen molar-refractivity contribution in [2.45, 2.75) is 31.1 Å². The smallest absolute Gasteiger partial charge is 0.410 e. The number of carbonyl (C=O) groups excluding carboxylic acids is 1. The molecule has 0 spiro atoms. The monoisotopic (exact) mass is 244 g/mol. The van der Waals surface area contributed by atoms with E-state index in [1.54, 1.807) is 0 Å². The van der Waals surface area contributed by atoms with Crippen molar-refractivity contribution in [3.05, 3.63) is 35.9 Å². The fraction of sp³-hybridized carbons (Fsp3) is 0.500. The number of nitrogens with one attached hydrogen (secondary N) is 1. The Morgan fingerprint density at radius 3 is 2.83 bits per heavy atom. The molecule has 3 fully saturated rings. The lowest BCUT2D eigenvalue weighted by atomic mass is 9.65. The van der Waals surface area contributed by atoms with Gasteiger partial charge in [-0.15, -0.1) is 0 Å². The molecule has 1 amide bonds. The molecule has 2 saturated heterocycles. The maximum Gasteiger partial charge on any atom is 0.410 e. The van der Waals surface area contributed by atoms with Gasteiger partial charge in [-0.3, -0.25) is 4.90 Å². The van der Waals surface area contributed by atoms with E-state index in [9.17, 15) is 4.79 Å². The lowest BCUT2D eigenvalue weighted by Crippen LogP contribution is -2.67. The summed E-state index contributed by atoms with van der Waals surface area (Å²) in [4.78, 5) is 13.6. The summed E-state index contributed by atoms with van der Waals surface area (Å²) >= 11 is 0. The molecule has 4 rings (SSSR count). The van der Waals surface area contributed by atoms with E-state index in [2.05, 4.69) is 29.6 Å². The van der Waals surface area contributed by atoms with Crippen molar-refractivity contribution in [2.24, 2.45) is 5.92 Å². The Morgan fingerprint density at radius 1 is 1.33 bits per heavy atom. The molecule has 4 heteroatoms. The van der Waals surface area contributed by atoms with Crippen molar-refractivity contribution in [2.75, 3.05) is 6.61 Å². The molecule has 0 aromatic heterocycles. The van der Waals surface area contributed by atoms with Gasteiger partial charge >= 0.3 is 6.09 Å². The SMILES string of the molecule is CCOC(=O)N1[C@@H]2[C@H]3N[C@@H](c4ccccc4)[C@H]3[C@@H]21. The second-order valence-corrected chi connectivity index (χ2v) is 5.25. The molecule has 1 saturated carbocycles. The molecule has 94 valence electrons. The van der Waals surface area contributed by atoms with Crippen LogP contribution in [0.25, 0.3) is 0 Å². The predicted octanol–water partition coefficient (Wildman–Crippen LogP) is 1.54. The highest BCUT2D eigenvalue weighted by molar-refractivity contribution is 5.74. The summed E-state index contributed by atoms with van der Waals surface area (Å²) < 4.78 is 5.07. The summed E-state index contributed by atoms with van der Waals surface area (Å²) in [6, 6.07) is 12.2. The van der Waals surface area contributed by atoms with Crippen molar-refractivity contribution in [1.29, 1.82) is 0 Å². The number of amides is 1. The summed E-state index contributed by atoms with van der Waals surface area (Å²) in [6.45, 7) is 2.31. The standard InChI is InChI=1S/C14H16N2O2/c1-2-18-14(17)16-12-9-10(15-11(9)13(12)16)8-6-4-3-5-7-8/h3-7,9-13,15H,2H2,1H3/t9-,10+,11+,12+,13-,16?/m1/s1. The maximum atomic E-state index is 11.7. The zero-order valence-electron chi connectivity index (χ0n) is 10.2. The van der Waals surface area contributed by atoms with E-state index in [0.29, 0.717) is 36.7 Å². The van der Waals surface area contributed by atoms with E-state index in [0.717, 1.165) is 0 Å². The van der Waals surface area contributed by atoms with E-state index in [4.69, 9.17) is 4.74 Å². The lowest BCUT2D eigenvalue weighted by molar-refractivity contribution is 0.0833. The van der Waals surface area contributed by atoms with Crippen molar-refractivity contribution in [3.8, 4) is 0 Å². The first-order valence-electron chi connectivity index (χ1n) is 6.59. The van der Waals surface area contributed by atoms with Crippen LogP contribution < -0.4 is 5.32 Å². The van der Waals surface area contributed by atoms with Gasteiger partial charge in [-0.2, -0.15) is 0 Å². The highest BCUT2D eigenvalue weighted by Gasteiger charge is 2.77. The number of piperidine rings is 1. The third kappa shape index (κ3) is 1.16. The lowest BCUT2D eigenvalue weighted by Gasteiger charge is -2.51. The van der Waals surface area contributed by atoms with Crippen LogP contribution >= 0.6 is 0 Å². The first-order valence-corrected chi connectivity index (χ1v) is 6.59. The topological polar surface area (TPSA) is 41.3 Å². The molecule has 0 unspecified atom stereocenters. The second-order valence-electron chi connectivity index (χ2n) is 5.25. The number of hydrogen-bond acceptors (Lipinski definition) is 3. The van der Waals surface area contributed by atoms with E-state index >= 15 is 0 Å². The zero-order chi connectivity index (χ0) is 12.3. The number of hydrogen-bond donors (Lipinski definition) is 1. The molecule has 1 N–H and O–H groups in total. The molecule has 1 aliphatic carbocycles. The number of rotatable bonds is 2. The minimum atomic E-state index is -0.143. The van der Waals surface area contributed by atoms with Gasteiger partial charge in [0.1, 0.15) is 0 Å². The Balaban J connectivity index is 1.46. The average molecular weight is 244 g/mol. The quantitative estimate of drug-likeness (QED) is 0.802. The van der Waals surface area contributed by atoms with Crippen molar-refractivity contribution in [1.82, 2.24) is 10.2 Å². The van der Waals surface area contributed by atoms with Crippen LogP contribution in [0, 0.1) is 5.92 Å². The molecule has 1 aromatic carbocycles. The summed E-state index contributed by atoms with van der Waals surface area (Å²) in [5, 5.41) is 3.56. The van der Waals surface area contributed by atoms with Gasteiger partial charge in [0, 0.05) is 18.0 Å². The average Bonchev–Trinajstić information content (AvgIpc) is 2.99. The second kappa shape index (κ2) is 3.48. The Kier molecular flexibility index (Phi) is 2.01. The number of ether oxygens (including phenoxy) is 1. The highest BCUT2D eigenvalue weighted by Crippen LogP contribution is 2.60. The van der Waals surface area contributed by atoms with Gasteiger partial charge in [0.2, 0.25) is 0 Å². The van der Waals surface area contributed by atoms with E-state index < -0.39 is 0 Å². The fourth-order valence-electron chi connectivity index (χ4n) is 3.60. The molecular weight excluding hydrogens is 228 g/mol. The molecule has 0 radical (unpaired) electrons. The summed E-state index contributed by atoms with van der Waals surface area (Å²) in [5.41, 5.74) is 1.33. The zero-order valence-corrected chi connectivity index (χ0v) is 10.2. The molecular formula is C14H16N2O2. The largest absolute Gasteiger partial charge is 0.450 e. The van der Waals surface area contributed by atoms with Crippen LogP contribution in [0.2, 0.25) is 0 Å². The van der Waals surface area contributed by atoms with Crippen LogP contribution in [-0.2, 0) is 4.74 Å². The molecule has 3 aliphatic rings. The molecule has 1 aromatic rings. The van der Waals surface area contributed by atoms with E-state index in [-0.39, 0.29) is 6.09 Å². The van der Waals surface area contributed by atoms with Crippen LogP contribution in [0.15, 0.2) is 30.3 Å². The van der Waals surface area contributed by atoms with Gasteiger partial charge in [-0.05, 0) is 12.5 Å². The van der Waals surface area contributed by atoms with Crippen LogP contribution in [0.5, 0.6) is 0 Å². The Morgan fingerprint density at radius 2 is 2.11 bits per heavy atom. The third-order valence-corrected chi connectivity index (χ3v) is 4.47. The fourth-order valence-corrected chi connectivity index (χ4v) is 3.60. The van der Waals surface area contributed by atoms with Crippen LogP contribution in [0.3, 0.4) is 0 Å². The van der Waals surface area contributed by atoms with Crippen molar-refractivity contribution in [3.63, 3.8) is 0 Å². The minimum absolute atomic E-state index is 0.143. The number of benzene rings is 1. The van der Waals surface area contributed by atoms with Gasteiger partial charge in [0.05, 0.1) is 18.7 Å². The molecule has 0 bridgehead atoms. The van der Waals surface area contributed by atoms with Crippen molar-refractivity contribution >= 4 is 6.09 Å². The Labute approximate surface area is 106 Å². The minimum Gasteiger partial charge on any atom is -0.450 e. The molecule has 2 heterocycles. The number of nitrogens with zero attached hydrogens (tertiary/aromatic N) is 1. The van der Waals surface area contributed by atoms with Crippen LogP contribution in [-0.4, -0.2) is 35.7 Å². The normalized spacial score (nSPS) is 38.9. The predicted molar refractivity (Wildman–Crippen MR) is 66.0 cm³/mol. The highest BCUT2D eigenvalue weighted by atomic mass is 16.6. The molecule has 18 heavy (non-hydrogen) atoms. The van der Waals surface area contributed by atoms with Gasteiger partial charge in [-0.1, -0.05) is 30.3 Å². The van der Waals surface area contributed by atoms with Gasteiger partial charge in [0.25, 0.3) is 0 Å². The molecule has 2 aliphatic heterocycles. The maximum absolute atomic E-state index is 11.7. The van der Waals surface area contributed by atoms with Crippen LogP contribution in [0.1, 0.15) is 18.5 Å². The van der Waals surface area contributed by atoms with Crippen LogP contribution in [0.4, 0.5) is 4.79 Å². The van der Waals surface area contributed by atoms with Gasteiger partial charge in [-0.25, -0.2) is 4.79 Å². The van der Waals surface area contributed by atoms with Gasteiger partial charge in [0.15, 0.2) is 0 Å². The van der Waals surface area contributed by atoms with Crippen molar-refractivity contribution < 1.29 is 9.53 Å². The summed E-state index contributed by atoms with van der Waals surface area (Å²) in [5.74, 6) is 0.585. The first kappa shape index (κ1) is 10.4. The number of likely N-dealkylation sites (tertiary alicyclic amines) is 1. The summed E-state index contributed by atoms with van der Waals surface area (Å²) in [6.07, 6.45) is -0.143. The molecule has 5 atom stereocenters. The van der Waals surface area contributed by atoms with Gasteiger partial charge < -0.3 is 10.1 Å².